The average molecular weight is 475 g/mol. The maximum Gasteiger partial charge on any atom is 0.325 e. The third-order valence-electron chi connectivity index (χ3n) is 5.60. The van der Waals surface area contributed by atoms with Crippen molar-refractivity contribution in [2.75, 3.05) is 31.0 Å². The molecule has 0 fully saturated rings. The van der Waals surface area contributed by atoms with E-state index in [1.54, 1.807) is 42.3 Å². The Balaban J connectivity index is 1.30. The fraction of sp³-hybridized carbons (Fsp3) is 0.192. The fourth-order valence-corrected chi connectivity index (χ4v) is 3.59. The summed E-state index contributed by atoms with van der Waals surface area (Å²) >= 11 is 0. The number of benzene rings is 3. The third-order valence-corrected chi connectivity index (χ3v) is 5.60. The molecule has 35 heavy (non-hydrogen) atoms. The van der Waals surface area contributed by atoms with Crippen molar-refractivity contribution in [2.45, 2.75) is 13.0 Å². The third kappa shape index (κ3) is 6.15. The summed E-state index contributed by atoms with van der Waals surface area (Å²) in [7, 11) is 1.79. The molecule has 0 bridgehead atoms. The van der Waals surface area contributed by atoms with E-state index < -0.39 is 11.9 Å². The number of imide groups is 1. The SMILES string of the molecule is C[C@@H](c1cccc(NC(=O)c2ccccc2)c1)N(C)CC(=O)NC(=O)Nc1ccc2c(c1)OCO2. The number of amides is 4. The summed E-state index contributed by atoms with van der Waals surface area (Å²) in [5, 5.41) is 7.83. The first-order valence-corrected chi connectivity index (χ1v) is 11.1. The Morgan fingerprint density at radius 1 is 0.886 bits per heavy atom. The van der Waals surface area contributed by atoms with Crippen molar-refractivity contribution in [3.63, 3.8) is 0 Å². The van der Waals surface area contributed by atoms with Crippen LogP contribution in [-0.2, 0) is 4.79 Å². The Labute approximate surface area is 203 Å². The maximum atomic E-state index is 12.4. The minimum Gasteiger partial charge on any atom is -0.454 e. The van der Waals surface area contributed by atoms with Gasteiger partial charge >= 0.3 is 6.03 Å². The van der Waals surface area contributed by atoms with Gasteiger partial charge in [0.05, 0.1) is 6.54 Å². The predicted molar refractivity (Wildman–Crippen MR) is 132 cm³/mol. The summed E-state index contributed by atoms with van der Waals surface area (Å²) in [6.07, 6.45) is 0. The van der Waals surface area contributed by atoms with E-state index in [0.717, 1.165) is 5.56 Å². The molecule has 1 heterocycles. The Morgan fingerprint density at radius 2 is 1.63 bits per heavy atom. The molecule has 3 aromatic rings. The average Bonchev–Trinajstić information content (AvgIpc) is 3.32. The lowest BCUT2D eigenvalue weighted by molar-refractivity contribution is -0.121. The van der Waals surface area contributed by atoms with Crippen LogP contribution in [0.4, 0.5) is 16.2 Å². The summed E-state index contributed by atoms with van der Waals surface area (Å²) < 4.78 is 10.5. The number of fused-ring (bicyclic) bond motifs is 1. The first-order valence-electron chi connectivity index (χ1n) is 11.1. The van der Waals surface area contributed by atoms with Gasteiger partial charge in [0, 0.05) is 29.0 Å². The highest BCUT2D eigenvalue weighted by Gasteiger charge is 2.18. The van der Waals surface area contributed by atoms with Crippen molar-refractivity contribution >= 4 is 29.2 Å². The molecule has 0 spiro atoms. The molecule has 1 atom stereocenters. The molecule has 0 saturated heterocycles. The number of rotatable bonds is 7. The summed E-state index contributed by atoms with van der Waals surface area (Å²) in [6, 6.07) is 20.6. The minimum absolute atomic E-state index is 0.00364. The minimum atomic E-state index is -0.638. The Bertz CT molecular complexity index is 1230. The number of carbonyl (C=O) groups is 3. The van der Waals surface area contributed by atoms with Gasteiger partial charge in [-0.05, 0) is 55.9 Å². The van der Waals surface area contributed by atoms with Crippen LogP contribution in [0.1, 0.15) is 28.9 Å². The van der Waals surface area contributed by atoms with Crippen molar-refractivity contribution in [3.05, 3.63) is 83.9 Å². The number of ether oxygens (including phenoxy) is 2. The molecule has 4 rings (SSSR count). The molecule has 0 unspecified atom stereocenters. The molecular weight excluding hydrogens is 448 g/mol. The molecule has 3 aromatic carbocycles. The molecule has 9 nitrogen and oxygen atoms in total. The molecule has 1 aliphatic heterocycles. The quantitative estimate of drug-likeness (QED) is 0.478. The van der Waals surface area contributed by atoms with Gasteiger partial charge in [0.15, 0.2) is 11.5 Å². The molecule has 0 aromatic heterocycles. The van der Waals surface area contributed by atoms with E-state index in [1.807, 2.05) is 49.4 Å². The van der Waals surface area contributed by atoms with Crippen molar-refractivity contribution in [1.29, 1.82) is 0 Å². The second kappa shape index (κ2) is 10.7. The van der Waals surface area contributed by atoms with E-state index in [2.05, 4.69) is 16.0 Å². The van der Waals surface area contributed by atoms with Gasteiger partial charge in [0.2, 0.25) is 12.7 Å². The number of urea groups is 1. The summed E-state index contributed by atoms with van der Waals surface area (Å²) in [5.41, 5.74) is 2.62. The zero-order valence-electron chi connectivity index (χ0n) is 19.4. The monoisotopic (exact) mass is 474 g/mol. The van der Waals surface area contributed by atoms with Crippen LogP contribution in [0.25, 0.3) is 0 Å². The van der Waals surface area contributed by atoms with Gasteiger partial charge < -0.3 is 20.1 Å². The van der Waals surface area contributed by atoms with Crippen LogP contribution < -0.4 is 25.4 Å². The van der Waals surface area contributed by atoms with Crippen LogP contribution in [-0.4, -0.2) is 43.1 Å². The topological polar surface area (TPSA) is 109 Å². The van der Waals surface area contributed by atoms with Crippen molar-refractivity contribution in [1.82, 2.24) is 10.2 Å². The van der Waals surface area contributed by atoms with Gasteiger partial charge in [0.1, 0.15) is 0 Å². The van der Waals surface area contributed by atoms with Crippen molar-refractivity contribution in [2.24, 2.45) is 0 Å². The zero-order valence-corrected chi connectivity index (χ0v) is 19.4. The highest BCUT2D eigenvalue weighted by molar-refractivity contribution is 6.04. The van der Waals surface area contributed by atoms with Crippen LogP contribution >= 0.6 is 0 Å². The molecule has 1 aliphatic rings. The number of anilines is 2. The van der Waals surface area contributed by atoms with E-state index in [1.165, 1.54) is 0 Å². The number of carbonyl (C=O) groups excluding carboxylic acids is 3. The molecular formula is C26H26N4O5. The second-order valence-electron chi connectivity index (χ2n) is 8.11. The number of hydrogen-bond acceptors (Lipinski definition) is 6. The van der Waals surface area contributed by atoms with Crippen LogP contribution in [0.2, 0.25) is 0 Å². The van der Waals surface area contributed by atoms with E-state index in [0.29, 0.717) is 28.4 Å². The fourth-order valence-electron chi connectivity index (χ4n) is 3.59. The van der Waals surface area contributed by atoms with E-state index in [-0.39, 0.29) is 25.3 Å². The summed E-state index contributed by atoms with van der Waals surface area (Å²) in [6.45, 7) is 2.07. The van der Waals surface area contributed by atoms with Gasteiger partial charge in [-0.15, -0.1) is 0 Å². The van der Waals surface area contributed by atoms with Gasteiger partial charge in [-0.1, -0.05) is 30.3 Å². The molecule has 0 aliphatic carbocycles. The standard InChI is InChI=1S/C26H26N4O5/c1-17(19-9-6-10-20(13-19)27-25(32)18-7-4-3-5-8-18)30(2)15-24(31)29-26(33)28-21-11-12-22-23(14-21)35-16-34-22/h3-14,17H,15-16H2,1-2H3,(H,27,32)(H2,28,29,31,33)/t17-/m0/s1. The zero-order chi connectivity index (χ0) is 24.8. The van der Waals surface area contributed by atoms with E-state index in [9.17, 15) is 14.4 Å². The van der Waals surface area contributed by atoms with Crippen LogP contribution in [0.15, 0.2) is 72.8 Å². The van der Waals surface area contributed by atoms with Crippen molar-refractivity contribution in [3.8, 4) is 11.5 Å². The van der Waals surface area contributed by atoms with Crippen LogP contribution in [0, 0.1) is 0 Å². The Kier molecular flexibility index (Phi) is 7.27. The number of nitrogens with one attached hydrogen (secondary N) is 3. The number of likely N-dealkylation sites (N-methyl/N-ethyl adjacent to an activating group) is 1. The first-order chi connectivity index (χ1) is 16.9. The maximum absolute atomic E-state index is 12.4. The van der Waals surface area contributed by atoms with E-state index in [4.69, 9.17) is 9.47 Å². The number of hydrogen-bond donors (Lipinski definition) is 3. The molecule has 180 valence electrons. The van der Waals surface area contributed by atoms with Gasteiger partial charge in [-0.25, -0.2) is 4.79 Å². The summed E-state index contributed by atoms with van der Waals surface area (Å²) in [5.74, 6) is 0.485. The van der Waals surface area contributed by atoms with Crippen LogP contribution in [0.3, 0.4) is 0 Å². The Hall–Kier alpha value is -4.37. The number of nitrogens with zero attached hydrogens (tertiary/aromatic N) is 1. The van der Waals surface area contributed by atoms with Crippen LogP contribution in [0.5, 0.6) is 11.5 Å². The van der Waals surface area contributed by atoms with Gasteiger partial charge in [-0.2, -0.15) is 0 Å². The molecule has 4 amide bonds. The predicted octanol–water partition coefficient (Wildman–Crippen LogP) is 4.01. The van der Waals surface area contributed by atoms with Gasteiger partial charge in [-0.3, -0.25) is 19.8 Å². The largest absolute Gasteiger partial charge is 0.454 e. The van der Waals surface area contributed by atoms with Crippen molar-refractivity contribution < 1.29 is 23.9 Å². The normalized spacial score (nSPS) is 12.7. The molecule has 0 radical (unpaired) electrons. The first kappa shape index (κ1) is 23.8. The smallest absolute Gasteiger partial charge is 0.325 e. The lowest BCUT2D eigenvalue weighted by Gasteiger charge is -2.24. The highest BCUT2D eigenvalue weighted by atomic mass is 16.7. The van der Waals surface area contributed by atoms with Gasteiger partial charge in [0.25, 0.3) is 5.91 Å². The lowest BCUT2D eigenvalue weighted by atomic mass is 10.1. The highest BCUT2D eigenvalue weighted by Crippen LogP contribution is 2.34. The van der Waals surface area contributed by atoms with E-state index >= 15 is 0 Å². The lowest BCUT2D eigenvalue weighted by Crippen LogP contribution is -2.41. The molecule has 3 N–H and O–H groups in total. The molecule has 0 saturated carbocycles. The second-order valence-corrected chi connectivity index (χ2v) is 8.11. The molecule has 9 heteroatoms. The Morgan fingerprint density at radius 3 is 2.43 bits per heavy atom. The summed E-state index contributed by atoms with van der Waals surface area (Å²) in [4.78, 5) is 38.9.